The largest absolute Gasteiger partial charge is 0.368 e. The molecule has 5 N–H and O–H groups in total. The summed E-state index contributed by atoms with van der Waals surface area (Å²) in [5.74, 6) is -0.647. The molecule has 1 aliphatic carbocycles. The molecule has 1 saturated heterocycles. The minimum absolute atomic E-state index is 0.0608. The Morgan fingerprint density at radius 1 is 0.783 bits per heavy atom. The number of amides is 4. The number of nitrogens with zero attached hydrogens (tertiary/aromatic N) is 2. The van der Waals surface area contributed by atoms with Crippen molar-refractivity contribution >= 4 is 34.9 Å². The van der Waals surface area contributed by atoms with Crippen LogP contribution in [0.5, 0.6) is 0 Å². The molecule has 1 heterocycles. The average molecular weight is 625 g/mol. The van der Waals surface area contributed by atoms with E-state index in [1.165, 1.54) is 37.7 Å². The second-order valence-electron chi connectivity index (χ2n) is 12.5. The maximum absolute atomic E-state index is 13.2. The Labute approximate surface area is 272 Å². The Morgan fingerprint density at radius 2 is 1.43 bits per heavy atom. The Hall–Kier alpha value is -4.37. The van der Waals surface area contributed by atoms with Crippen LogP contribution in [0.4, 0.5) is 21.9 Å². The second-order valence-corrected chi connectivity index (χ2v) is 12.5. The van der Waals surface area contributed by atoms with Crippen LogP contribution in [0.25, 0.3) is 0 Å². The molecule has 4 amide bonds. The first-order chi connectivity index (χ1) is 22.4. The lowest BCUT2D eigenvalue weighted by molar-refractivity contribution is -0.120. The third kappa shape index (κ3) is 9.81. The summed E-state index contributed by atoms with van der Waals surface area (Å²) in [6.07, 6.45) is 9.53. The molecule has 1 atom stereocenters. The van der Waals surface area contributed by atoms with E-state index < -0.39 is 18.0 Å². The van der Waals surface area contributed by atoms with Crippen molar-refractivity contribution in [1.29, 1.82) is 0 Å². The molecule has 1 saturated carbocycles. The number of hydrogen-bond donors (Lipinski definition) is 4. The lowest BCUT2D eigenvalue weighted by Crippen LogP contribution is -2.51. The van der Waals surface area contributed by atoms with Gasteiger partial charge in [-0.05, 0) is 67.9 Å². The summed E-state index contributed by atoms with van der Waals surface area (Å²) in [4.78, 5) is 43.2. The summed E-state index contributed by atoms with van der Waals surface area (Å²) in [5.41, 5.74) is 10.0. The van der Waals surface area contributed by atoms with Crippen molar-refractivity contribution in [2.24, 2.45) is 5.73 Å². The maximum Gasteiger partial charge on any atom is 0.319 e. The van der Waals surface area contributed by atoms with Crippen LogP contribution in [0.3, 0.4) is 0 Å². The molecule has 9 heteroatoms. The van der Waals surface area contributed by atoms with Crippen LogP contribution in [-0.4, -0.2) is 61.0 Å². The molecule has 46 heavy (non-hydrogen) atoms. The summed E-state index contributed by atoms with van der Waals surface area (Å²) in [6, 6.07) is 24.9. The Bertz CT molecular complexity index is 1420. The maximum atomic E-state index is 13.2. The molecule has 3 aromatic carbocycles. The Balaban J connectivity index is 1.23. The van der Waals surface area contributed by atoms with Crippen molar-refractivity contribution < 1.29 is 14.4 Å². The van der Waals surface area contributed by atoms with E-state index in [1.54, 1.807) is 6.07 Å². The van der Waals surface area contributed by atoms with Crippen LogP contribution >= 0.6 is 0 Å². The molecule has 2 fully saturated rings. The zero-order valence-corrected chi connectivity index (χ0v) is 26.8. The number of primary amides is 1. The predicted molar refractivity (Wildman–Crippen MR) is 185 cm³/mol. The number of carbonyl (C=O) groups excluding carboxylic acids is 3. The average Bonchev–Trinajstić information content (AvgIpc) is 3.08. The van der Waals surface area contributed by atoms with Crippen LogP contribution in [0.1, 0.15) is 62.5 Å². The highest BCUT2D eigenvalue weighted by atomic mass is 16.2. The Morgan fingerprint density at radius 3 is 2.09 bits per heavy atom. The number of aryl methyl sites for hydroxylation is 2. The summed E-state index contributed by atoms with van der Waals surface area (Å²) in [6.45, 7) is 3.74. The number of rotatable bonds is 13. The third-order valence-electron chi connectivity index (χ3n) is 9.20. The summed E-state index contributed by atoms with van der Waals surface area (Å²) in [7, 11) is 0. The van der Waals surface area contributed by atoms with E-state index in [4.69, 9.17) is 5.73 Å². The van der Waals surface area contributed by atoms with Crippen LogP contribution in [0.15, 0.2) is 78.9 Å². The zero-order valence-electron chi connectivity index (χ0n) is 26.8. The highest BCUT2D eigenvalue weighted by Crippen LogP contribution is 2.32. The highest BCUT2D eigenvalue weighted by molar-refractivity contribution is 5.98. The monoisotopic (exact) mass is 624 g/mol. The first-order valence-corrected chi connectivity index (χ1v) is 16.8. The van der Waals surface area contributed by atoms with Crippen molar-refractivity contribution in [3.05, 3.63) is 90.0 Å². The molecule has 244 valence electrons. The fraction of sp³-hybridized carbons (Fsp3) is 0.432. The van der Waals surface area contributed by atoms with E-state index >= 15 is 0 Å². The number of nitrogens with two attached hydrogens (primary N) is 1. The van der Waals surface area contributed by atoms with E-state index in [2.05, 4.69) is 37.9 Å². The van der Waals surface area contributed by atoms with Gasteiger partial charge in [-0.25, -0.2) is 4.79 Å². The number of urea groups is 1. The molecule has 3 aromatic rings. The number of anilines is 3. The minimum Gasteiger partial charge on any atom is -0.368 e. The summed E-state index contributed by atoms with van der Waals surface area (Å²) in [5, 5.41) is 8.71. The van der Waals surface area contributed by atoms with Crippen molar-refractivity contribution in [3.63, 3.8) is 0 Å². The third-order valence-corrected chi connectivity index (χ3v) is 9.20. The van der Waals surface area contributed by atoms with Gasteiger partial charge < -0.3 is 26.6 Å². The van der Waals surface area contributed by atoms with Gasteiger partial charge in [-0.1, -0.05) is 79.9 Å². The number of nitrogens with one attached hydrogen (secondary N) is 3. The number of benzene rings is 3. The van der Waals surface area contributed by atoms with E-state index in [9.17, 15) is 14.4 Å². The van der Waals surface area contributed by atoms with Gasteiger partial charge in [-0.3, -0.25) is 14.5 Å². The highest BCUT2D eigenvalue weighted by Gasteiger charge is 2.26. The summed E-state index contributed by atoms with van der Waals surface area (Å²) < 4.78 is 0. The first-order valence-electron chi connectivity index (χ1n) is 16.8. The smallest absolute Gasteiger partial charge is 0.319 e. The van der Waals surface area contributed by atoms with Crippen LogP contribution < -0.4 is 26.6 Å². The topological polar surface area (TPSA) is 120 Å². The molecule has 2 aliphatic rings. The van der Waals surface area contributed by atoms with Gasteiger partial charge in [0, 0.05) is 44.3 Å². The SMILES string of the molecule is NC(=O)C(CCc1ccccc1)NC(=O)Nc1ccc(N2CCN(C3CCCCC3)CC2)c(NC(=O)CCCc2ccccc2)c1. The molecule has 0 aromatic heterocycles. The van der Waals surface area contributed by atoms with Gasteiger partial charge in [0.15, 0.2) is 0 Å². The van der Waals surface area contributed by atoms with Crippen molar-refractivity contribution in [2.45, 2.75) is 76.3 Å². The van der Waals surface area contributed by atoms with Crippen molar-refractivity contribution in [3.8, 4) is 0 Å². The zero-order chi connectivity index (χ0) is 32.1. The molecule has 1 aliphatic heterocycles. The normalized spacial score (nSPS) is 16.4. The van der Waals surface area contributed by atoms with Gasteiger partial charge in [0.1, 0.15) is 6.04 Å². The van der Waals surface area contributed by atoms with Gasteiger partial charge >= 0.3 is 6.03 Å². The van der Waals surface area contributed by atoms with Crippen molar-refractivity contribution in [1.82, 2.24) is 10.2 Å². The van der Waals surface area contributed by atoms with Gasteiger partial charge in [0.05, 0.1) is 11.4 Å². The molecular weight excluding hydrogens is 576 g/mol. The van der Waals surface area contributed by atoms with Crippen LogP contribution in [0, 0.1) is 0 Å². The van der Waals surface area contributed by atoms with Gasteiger partial charge in [0.25, 0.3) is 0 Å². The standard InChI is InChI=1S/C37H48N6O3/c38-36(45)32(21-19-29-13-6-2-7-14-29)41-37(46)39-30-20-22-34(43-25-23-42(24-26-43)31-16-8-3-9-17-31)33(27-30)40-35(44)18-10-15-28-11-4-1-5-12-28/h1-2,4-7,11-14,20,22,27,31-32H,3,8-10,15-19,21,23-26H2,(H2,38,45)(H,40,44)(H2,39,41,46). The molecule has 0 spiro atoms. The fourth-order valence-electron chi connectivity index (χ4n) is 6.64. The second kappa shape index (κ2) is 16.8. The molecule has 9 nitrogen and oxygen atoms in total. The first kappa shape index (κ1) is 33.0. The molecule has 1 unspecified atom stereocenters. The van der Waals surface area contributed by atoms with E-state index in [-0.39, 0.29) is 5.91 Å². The van der Waals surface area contributed by atoms with Gasteiger partial charge in [-0.15, -0.1) is 0 Å². The van der Waals surface area contributed by atoms with Crippen LogP contribution in [-0.2, 0) is 22.4 Å². The lowest BCUT2D eigenvalue weighted by atomic mass is 9.94. The fourth-order valence-corrected chi connectivity index (χ4v) is 6.64. The van der Waals surface area contributed by atoms with E-state index in [1.807, 2.05) is 60.7 Å². The molecule has 0 radical (unpaired) electrons. The lowest BCUT2D eigenvalue weighted by Gasteiger charge is -2.42. The van der Waals surface area contributed by atoms with Crippen molar-refractivity contribution in [2.75, 3.05) is 41.7 Å². The van der Waals surface area contributed by atoms with Gasteiger partial charge in [-0.2, -0.15) is 0 Å². The van der Waals surface area contributed by atoms with E-state index in [0.29, 0.717) is 36.7 Å². The number of hydrogen-bond acceptors (Lipinski definition) is 5. The summed E-state index contributed by atoms with van der Waals surface area (Å²) >= 11 is 0. The molecule has 0 bridgehead atoms. The predicted octanol–water partition coefficient (Wildman–Crippen LogP) is 5.71. The number of carbonyl (C=O) groups is 3. The molecule has 5 rings (SSSR count). The van der Waals surface area contributed by atoms with Gasteiger partial charge in [0.2, 0.25) is 11.8 Å². The molecular formula is C37H48N6O3. The Kier molecular flexibility index (Phi) is 12.1. The van der Waals surface area contributed by atoms with Crippen LogP contribution in [0.2, 0.25) is 0 Å². The van der Waals surface area contributed by atoms with E-state index in [0.717, 1.165) is 50.3 Å². The number of piperazine rings is 1. The quantitative estimate of drug-likeness (QED) is 0.194. The minimum atomic E-state index is -0.816.